The molecule has 1 heterocycles. The first-order valence-electron chi connectivity index (χ1n) is 6.91. The van der Waals surface area contributed by atoms with Crippen LogP contribution in [0.3, 0.4) is 0 Å². The SMILES string of the molecule is N#Cc1cccc(C(=O)OCc2nc(-c3ccc(F)cc3)no2)c1. The van der Waals surface area contributed by atoms with Gasteiger partial charge < -0.3 is 9.26 Å². The number of ether oxygens (including phenoxy) is 1. The van der Waals surface area contributed by atoms with Crippen molar-refractivity contribution in [2.75, 3.05) is 0 Å². The Hall–Kier alpha value is -3.53. The molecular weight excluding hydrogens is 313 g/mol. The minimum atomic E-state index is -0.603. The smallest absolute Gasteiger partial charge is 0.338 e. The monoisotopic (exact) mass is 323 g/mol. The van der Waals surface area contributed by atoms with Crippen LogP contribution in [-0.4, -0.2) is 16.1 Å². The van der Waals surface area contributed by atoms with Gasteiger partial charge >= 0.3 is 5.97 Å². The Kier molecular flexibility index (Phi) is 4.29. The Labute approximate surface area is 136 Å². The summed E-state index contributed by atoms with van der Waals surface area (Å²) in [5.41, 5.74) is 1.20. The van der Waals surface area contributed by atoms with Crippen molar-refractivity contribution in [1.82, 2.24) is 10.1 Å². The molecule has 2 aromatic carbocycles. The highest BCUT2D eigenvalue weighted by atomic mass is 19.1. The van der Waals surface area contributed by atoms with Crippen LogP contribution in [-0.2, 0) is 11.3 Å². The zero-order valence-electron chi connectivity index (χ0n) is 12.3. The van der Waals surface area contributed by atoms with E-state index in [1.54, 1.807) is 18.2 Å². The Balaban J connectivity index is 1.66. The van der Waals surface area contributed by atoms with Crippen molar-refractivity contribution in [2.45, 2.75) is 6.61 Å². The maximum Gasteiger partial charge on any atom is 0.338 e. The molecule has 3 aromatic rings. The van der Waals surface area contributed by atoms with Gasteiger partial charge in [-0.25, -0.2) is 9.18 Å². The molecule has 0 bridgehead atoms. The molecule has 0 amide bonds. The van der Waals surface area contributed by atoms with Crippen LogP contribution < -0.4 is 0 Å². The van der Waals surface area contributed by atoms with Gasteiger partial charge in [0, 0.05) is 5.56 Å². The van der Waals surface area contributed by atoms with E-state index in [0.29, 0.717) is 11.1 Å². The van der Waals surface area contributed by atoms with Gasteiger partial charge in [0.2, 0.25) is 5.82 Å². The number of halogens is 1. The van der Waals surface area contributed by atoms with Crippen molar-refractivity contribution in [1.29, 1.82) is 5.26 Å². The summed E-state index contributed by atoms with van der Waals surface area (Å²) in [6, 6.07) is 13.7. The first-order chi connectivity index (χ1) is 11.7. The van der Waals surface area contributed by atoms with Crippen molar-refractivity contribution in [3.8, 4) is 17.5 Å². The average molecular weight is 323 g/mol. The normalized spacial score (nSPS) is 10.2. The lowest BCUT2D eigenvalue weighted by Gasteiger charge is -2.01. The minimum Gasteiger partial charge on any atom is -0.452 e. The van der Waals surface area contributed by atoms with Crippen LogP contribution in [0.2, 0.25) is 0 Å². The number of rotatable bonds is 4. The molecule has 0 N–H and O–H groups in total. The van der Waals surface area contributed by atoms with Crippen LogP contribution in [0.1, 0.15) is 21.8 Å². The fraction of sp³-hybridized carbons (Fsp3) is 0.0588. The van der Waals surface area contributed by atoms with Crippen LogP contribution in [0.4, 0.5) is 4.39 Å². The molecule has 3 rings (SSSR count). The number of carbonyl (C=O) groups excluding carboxylic acids is 1. The molecule has 1 aromatic heterocycles. The van der Waals surface area contributed by atoms with Gasteiger partial charge in [-0.1, -0.05) is 11.2 Å². The highest BCUT2D eigenvalue weighted by Gasteiger charge is 2.13. The fourth-order valence-electron chi connectivity index (χ4n) is 1.96. The summed E-state index contributed by atoms with van der Waals surface area (Å²) in [4.78, 5) is 16.0. The molecule has 118 valence electrons. The second-order valence-corrected chi connectivity index (χ2v) is 4.79. The number of hydrogen-bond donors (Lipinski definition) is 0. The first-order valence-corrected chi connectivity index (χ1v) is 6.91. The molecule has 7 heteroatoms. The average Bonchev–Trinajstić information content (AvgIpc) is 3.09. The minimum absolute atomic E-state index is 0.110. The molecule has 0 atom stereocenters. The molecule has 0 fully saturated rings. The van der Waals surface area contributed by atoms with E-state index in [2.05, 4.69) is 10.1 Å². The lowest BCUT2D eigenvalue weighted by atomic mass is 10.1. The van der Waals surface area contributed by atoms with E-state index in [1.165, 1.54) is 30.3 Å². The number of nitriles is 1. The number of esters is 1. The Bertz CT molecular complexity index is 913. The van der Waals surface area contributed by atoms with Crippen molar-refractivity contribution >= 4 is 5.97 Å². The quantitative estimate of drug-likeness (QED) is 0.685. The zero-order chi connectivity index (χ0) is 16.9. The van der Waals surface area contributed by atoms with Gasteiger partial charge in [-0.05, 0) is 42.5 Å². The fourth-order valence-corrected chi connectivity index (χ4v) is 1.96. The third kappa shape index (κ3) is 3.44. The largest absolute Gasteiger partial charge is 0.452 e. The van der Waals surface area contributed by atoms with E-state index in [0.717, 1.165) is 0 Å². The molecule has 6 nitrogen and oxygen atoms in total. The highest BCUT2D eigenvalue weighted by Crippen LogP contribution is 2.16. The summed E-state index contributed by atoms with van der Waals surface area (Å²) in [6.07, 6.45) is 0. The molecule has 0 saturated carbocycles. The van der Waals surface area contributed by atoms with E-state index in [-0.39, 0.29) is 29.7 Å². The molecule has 0 unspecified atom stereocenters. The molecule has 0 aliphatic carbocycles. The van der Waals surface area contributed by atoms with Crippen molar-refractivity contribution in [3.05, 3.63) is 71.4 Å². The van der Waals surface area contributed by atoms with Crippen molar-refractivity contribution < 1.29 is 18.4 Å². The molecule has 0 aliphatic heterocycles. The Morgan fingerprint density at radius 1 is 1.25 bits per heavy atom. The van der Waals surface area contributed by atoms with Crippen molar-refractivity contribution in [2.24, 2.45) is 0 Å². The lowest BCUT2D eigenvalue weighted by Crippen LogP contribution is -2.05. The summed E-state index contributed by atoms with van der Waals surface area (Å²) in [5.74, 6) is -0.587. The van der Waals surface area contributed by atoms with Crippen LogP contribution in [0.15, 0.2) is 53.1 Å². The van der Waals surface area contributed by atoms with Crippen LogP contribution >= 0.6 is 0 Å². The number of aromatic nitrogens is 2. The van der Waals surface area contributed by atoms with Crippen LogP contribution in [0, 0.1) is 17.1 Å². The predicted octanol–water partition coefficient (Wildman–Crippen LogP) is 3.10. The number of hydrogen-bond acceptors (Lipinski definition) is 6. The summed E-state index contributed by atoms with van der Waals surface area (Å²) < 4.78 is 23.0. The van der Waals surface area contributed by atoms with E-state index in [4.69, 9.17) is 14.5 Å². The topological polar surface area (TPSA) is 89.0 Å². The Morgan fingerprint density at radius 3 is 2.79 bits per heavy atom. The van der Waals surface area contributed by atoms with Gasteiger partial charge in [0.05, 0.1) is 17.2 Å². The molecule has 24 heavy (non-hydrogen) atoms. The van der Waals surface area contributed by atoms with Crippen LogP contribution in [0.5, 0.6) is 0 Å². The van der Waals surface area contributed by atoms with E-state index >= 15 is 0 Å². The molecule has 0 saturated heterocycles. The number of nitrogens with zero attached hydrogens (tertiary/aromatic N) is 3. The van der Waals surface area contributed by atoms with Gasteiger partial charge in [0.1, 0.15) is 5.82 Å². The molecule has 0 spiro atoms. The van der Waals surface area contributed by atoms with E-state index in [1.807, 2.05) is 6.07 Å². The number of carbonyl (C=O) groups is 1. The van der Waals surface area contributed by atoms with Gasteiger partial charge in [0.25, 0.3) is 5.89 Å². The summed E-state index contributed by atoms with van der Waals surface area (Å²) in [5, 5.41) is 12.6. The summed E-state index contributed by atoms with van der Waals surface area (Å²) in [7, 11) is 0. The highest BCUT2D eigenvalue weighted by molar-refractivity contribution is 5.89. The first kappa shape index (κ1) is 15.4. The third-order valence-electron chi connectivity index (χ3n) is 3.12. The van der Waals surface area contributed by atoms with Crippen molar-refractivity contribution in [3.63, 3.8) is 0 Å². The maximum atomic E-state index is 12.9. The zero-order valence-corrected chi connectivity index (χ0v) is 12.3. The van der Waals surface area contributed by atoms with Gasteiger partial charge in [-0.15, -0.1) is 0 Å². The third-order valence-corrected chi connectivity index (χ3v) is 3.12. The van der Waals surface area contributed by atoms with Crippen LogP contribution in [0.25, 0.3) is 11.4 Å². The van der Waals surface area contributed by atoms with E-state index in [9.17, 15) is 9.18 Å². The second kappa shape index (κ2) is 6.71. The predicted molar refractivity (Wildman–Crippen MR) is 80.0 cm³/mol. The molecular formula is C17H10FN3O3. The van der Waals surface area contributed by atoms with Gasteiger partial charge in [-0.3, -0.25) is 0 Å². The Morgan fingerprint density at radius 2 is 2.04 bits per heavy atom. The summed E-state index contributed by atoms with van der Waals surface area (Å²) >= 11 is 0. The van der Waals surface area contributed by atoms with E-state index < -0.39 is 5.97 Å². The number of benzene rings is 2. The summed E-state index contributed by atoms with van der Waals surface area (Å²) in [6.45, 7) is -0.205. The molecule has 0 radical (unpaired) electrons. The standard InChI is InChI=1S/C17H10FN3O3/c18-14-6-4-12(5-7-14)16-20-15(24-21-16)10-23-17(22)13-3-1-2-11(8-13)9-19/h1-8H,10H2. The second-order valence-electron chi connectivity index (χ2n) is 4.79. The van der Waals surface area contributed by atoms with Gasteiger partial charge in [-0.2, -0.15) is 10.2 Å². The lowest BCUT2D eigenvalue weighted by molar-refractivity contribution is 0.0430. The maximum absolute atomic E-state index is 12.9. The molecule has 0 aliphatic rings. The van der Waals surface area contributed by atoms with Gasteiger partial charge in [0.15, 0.2) is 6.61 Å².